The minimum absolute atomic E-state index is 0.112. The first-order chi connectivity index (χ1) is 13.3. The quantitative estimate of drug-likeness (QED) is 0.771. The molecule has 0 heterocycles. The molecule has 2 aromatic carbocycles. The fourth-order valence-corrected chi connectivity index (χ4v) is 4.42. The SMILES string of the molecule is CS(=O)(=O)Nc1ccc(C2(C(=O)NCc3ccccc3F)CCCCC2)cc1. The molecule has 1 saturated carbocycles. The maximum absolute atomic E-state index is 13.9. The molecule has 7 heteroatoms. The van der Waals surface area contributed by atoms with Crippen molar-refractivity contribution >= 4 is 21.6 Å². The van der Waals surface area contributed by atoms with Crippen molar-refractivity contribution < 1.29 is 17.6 Å². The van der Waals surface area contributed by atoms with Crippen LogP contribution in [0, 0.1) is 5.82 Å². The summed E-state index contributed by atoms with van der Waals surface area (Å²) in [4.78, 5) is 13.2. The fraction of sp³-hybridized carbons (Fsp3) is 0.381. The minimum Gasteiger partial charge on any atom is -0.351 e. The topological polar surface area (TPSA) is 75.3 Å². The Kier molecular flexibility index (Phi) is 6.03. The summed E-state index contributed by atoms with van der Waals surface area (Å²) in [6.45, 7) is 0.140. The summed E-state index contributed by atoms with van der Waals surface area (Å²) in [6, 6.07) is 13.4. The van der Waals surface area contributed by atoms with Gasteiger partial charge >= 0.3 is 0 Å². The van der Waals surface area contributed by atoms with E-state index in [9.17, 15) is 17.6 Å². The molecule has 28 heavy (non-hydrogen) atoms. The lowest BCUT2D eigenvalue weighted by Crippen LogP contribution is -2.45. The lowest BCUT2D eigenvalue weighted by atomic mass is 9.68. The number of carbonyl (C=O) groups is 1. The molecule has 1 aliphatic carbocycles. The number of sulfonamides is 1. The number of halogens is 1. The maximum Gasteiger partial charge on any atom is 0.230 e. The van der Waals surface area contributed by atoms with Gasteiger partial charge in [-0.3, -0.25) is 9.52 Å². The van der Waals surface area contributed by atoms with Crippen LogP contribution in [0.25, 0.3) is 0 Å². The minimum atomic E-state index is -3.35. The number of rotatable bonds is 6. The highest BCUT2D eigenvalue weighted by atomic mass is 32.2. The summed E-state index contributed by atoms with van der Waals surface area (Å²) >= 11 is 0. The molecular weight excluding hydrogens is 379 g/mol. The molecule has 2 aromatic rings. The van der Waals surface area contributed by atoms with E-state index in [1.807, 2.05) is 12.1 Å². The van der Waals surface area contributed by atoms with Crippen LogP contribution in [0.2, 0.25) is 0 Å². The van der Waals surface area contributed by atoms with Crippen molar-refractivity contribution in [2.75, 3.05) is 11.0 Å². The van der Waals surface area contributed by atoms with Crippen molar-refractivity contribution in [3.05, 3.63) is 65.5 Å². The summed E-state index contributed by atoms with van der Waals surface area (Å²) in [5, 5.41) is 2.91. The molecule has 2 N–H and O–H groups in total. The average molecular weight is 405 g/mol. The Morgan fingerprint density at radius 3 is 2.29 bits per heavy atom. The van der Waals surface area contributed by atoms with Gasteiger partial charge in [0.05, 0.1) is 11.7 Å². The highest BCUT2D eigenvalue weighted by molar-refractivity contribution is 7.92. The normalized spacial score (nSPS) is 16.4. The van der Waals surface area contributed by atoms with E-state index in [0.717, 1.165) is 43.9 Å². The third kappa shape index (κ3) is 4.70. The second kappa shape index (κ2) is 8.31. The molecule has 3 rings (SSSR count). The average Bonchev–Trinajstić information content (AvgIpc) is 2.67. The van der Waals surface area contributed by atoms with Crippen LogP contribution in [0.1, 0.15) is 43.2 Å². The van der Waals surface area contributed by atoms with Crippen molar-refractivity contribution in [1.82, 2.24) is 5.32 Å². The first-order valence-corrected chi connectivity index (χ1v) is 11.3. The Balaban J connectivity index is 1.82. The lowest BCUT2D eigenvalue weighted by Gasteiger charge is -2.36. The van der Waals surface area contributed by atoms with E-state index < -0.39 is 15.4 Å². The Morgan fingerprint density at radius 2 is 1.68 bits per heavy atom. The molecule has 5 nitrogen and oxygen atoms in total. The molecule has 0 radical (unpaired) electrons. The first kappa shape index (κ1) is 20.3. The molecule has 0 saturated heterocycles. The van der Waals surface area contributed by atoms with Gasteiger partial charge in [0, 0.05) is 17.8 Å². The van der Waals surface area contributed by atoms with E-state index in [1.54, 1.807) is 30.3 Å². The van der Waals surface area contributed by atoms with Crippen LogP contribution in [-0.2, 0) is 26.8 Å². The number of hydrogen-bond acceptors (Lipinski definition) is 3. The molecule has 0 spiro atoms. The monoisotopic (exact) mass is 404 g/mol. The largest absolute Gasteiger partial charge is 0.351 e. The van der Waals surface area contributed by atoms with Crippen molar-refractivity contribution in [2.45, 2.75) is 44.1 Å². The molecule has 0 atom stereocenters. The van der Waals surface area contributed by atoms with Gasteiger partial charge < -0.3 is 5.32 Å². The van der Waals surface area contributed by atoms with Gasteiger partial charge in [-0.05, 0) is 36.6 Å². The molecule has 0 aromatic heterocycles. The molecule has 150 valence electrons. The van der Waals surface area contributed by atoms with E-state index in [-0.39, 0.29) is 18.3 Å². The number of anilines is 1. The van der Waals surface area contributed by atoms with Gasteiger partial charge in [0.1, 0.15) is 5.82 Å². The second-order valence-corrected chi connectivity index (χ2v) is 9.12. The Bertz CT molecular complexity index is 936. The second-order valence-electron chi connectivity index (χ2n) is 7.37. The van der Waals surface area contributed by atoms with Crippen molar-refractivity contribution in [2.24, 2.45) is 0 Å². The van der Waals surface area contributed by atoms with Crippen LogP contribution >= 0.6 is 0 Å². The Labute approximate surface area is 165 Å². The number of amides is 1. The Morgan fingerprint density at radius 1 is 1.04 bits per heavy atom. The molecule has 0 unspecified atom stereocenters. The van der Waals surface area contributed by atoms with Gasteiger partial charge in [-0.2, -0.15) is 0 Å². The van der Waals surface area contributed by atoms with E-state index in [2.05, 4.69) is 10.0 Å². The van der Waals surface area contributed by atoms with Gasteiger partial charge in [0.2, 0.25) is 15.9 Å². The Hall–Kier alpha value is -2.41. The van der Waals surface area contributed by atoms with Gasteiger partial charge in [-0.25, -0.2) is 12.8 Å². The fourth-order valence-electron chi connectivity index (χ4n) is 3.86. The zero-order valence-electron chi connectivity index (χ0n) is 15.9. The summed E-state index contributed by atoms with van der Waals surface area (Å²) in [5.74, 6) is -0.448. The highest BCUT2D eigenvalue weighted by Gasteiger charge is 2.40. The van der Waals surface area contributed by atoms with E-state index in [4.69, 9.17) is 0 Å². The number of benzene rings is 2. The number of nitrogens with one attached hydrogen (secondary N) is 2. The molecular formula is C21H25FN2O3S. The van der Waals surface area contributed by atoms with Gasteiger partial charge in [-0.1, -0.05) is 49.6 Å². The van der Waals surface area contributed by atoms with E-state index in [1.165, 1.54) is 6.07 Å². The van der Waals surface area contributed by atoms with E-state index in [0.29, 0.717) is 11.3 Å². The molecule has 1 aliphatic rings. The summed E-state index contributed by atoms with van der Waals surface area (Å²) in [7, 11) is -3.35. The van der Waals surface area contributed by atoms with Crippen LogP contribution in [0.3, 0.4) is 0 Å². The summed E-state index contributed by atoms with van der Waals surface area (Å²) < 4.78 is 39.1. The smallest absolute Gasteiger partial charge is 0.230 e. The van der Waals surface area contributed by atoms with Gasteiger partial charge in [0.25, 0.3) is 0 Å². The van der Waals surface area contributed by atoms with Crippen LogP contribution < -0.4 is 10.0 Å². The van der Waals surface area contributed by atoms with Crippen LogP contribution in [0.5, 0.6) is 0 Å². The molecule has 1 fully saturated rings. The van der Waals surface area contributed by atoms with Gasteiger partial charge in [0.15, 0.2) is 0 Å². The predicted octanol–water partition coefficient (Wildman–Crippen LogP) is 3.72. The number of hydrogen-bond donors (Lipinski definition) is 2. The van der Waals surface area contributed by atoms with Crippen molar-refractivity contribution in [3.8, 4) is 0 Å². The molecule has 1 amide bonds. The van der Waals surface area contributed by atoms with Crippen LogP contribution in [0.15, 0.2) is 48.5 Å². The standard InChI is InChI=1S/C21H25FN2O3S/c1-28(26,27)24-18-11-9-17(10-12-18)21(13-5-2-6-14-21)20(25)23-15-16-7-3-4-8-19(16)22/h3-4,7-12,24H,2,5-6,13-15H2,1H3,(H,23,25). The highest BCUT2D eigenvalue weighted by Crippen LogP contribution is 2.40. The van der Waals surface area contributed by atoms with Crippen LogP contribution in [-0.4, -0.2) is 20.6 Å². The summed E-state index contributed by atoms with van der Waals surface area (Å²) in [5.41, 5.74) is 1.10. The lowest BCUT2D eigenvalue weighted by molar-refractivity contribution is -0.128. The third-order valence-corrected chi connectivity index (χ3v) is 5.89. The van der Waals surface area contributed by atoms with E-state index >= 15 is 0 Å². The first-order valence-electron chi connectivity index (χ1n) is 9.40. The summed E-state index contributed by atoms with van der Waals surface area (Å²) in [6.07, 6.45) is 5.49. The zero-order valence-corrected chi connectivity index (χ0v) is 16.7. The van der Waals surface area contributed by atoms with Gasteiger partial charge in [-0.15, -0.1) is 0 Å². The predicted molar refractivity (Wildman–Crippen MR) is 108 cm³/mol. The van der Waals surface area contributed by atoms with Crippen LogP contribution in [0.4, 0.5) is 10.1 Å². The molecule has 0 bridgehead atoms. The molecule has 0 aliphatic heterocycles. The maximum atomic E-state index is 13.9. The third-order valence-electron chi connectivity index (χ3n) is 5.28. The number of carbonyl (C=O) groups excluding carboxylic acids is 1. The van der Waals surface area contributed by atoms with Crippen molar-refractivity contribution in [1.29, 1.82) is 0 Å². The van der Waals surface area contributed by atoms with Crippen molar-refractivity contribution in [3.63, 3.8) is 0 Å². The zero-order chi connectivity index (χ0) is 20.2.